The Morgan fingerprint density at radius 2 is 1.56 bits per heavy atom. The summed E-state index contributed by atoms with van der Waals surface area (Å²) < 4.78 is 56.9. The number of unbranched alkanes of at least 4 members (excludes halogenated alkanes) is 1. The lowest BCUT2D eigenvalue weighted by atomic mass is 9.92. The van der Waals surface area contributed by atoms with Crippen LogP contribution in [0.2, 0.25) is 18.1 Å². The SMILES string of the molecule is CC(C)(C)OC(=O)NCCCC[C@@H](NC(=O)CNC(=O)COc1ccc([C@@H]2[C@@H](SC[C@H](O[Si](C)(C)C(C)(C)C)c3ccc(F)cc3)C(=O)N2c2ccc(C#CCNS(C)(=O)=O)cc2)cc1)C(=O)O. The Balaban J connectivity index is 1.41. The quantitative estimate of drug-likeness (QED) is 0.0318. The summed E-state index contributed by atoms with van der Waals surface area (Å²) in [5.74, 6) is 3.40. The van der Waals surface area contributed by atoms with Gasteiger partial charge in [0.25, 0.3) is 5.91 Å². The van der Waals surface area contributed by atoms with Crippen LogP contribution in [0.4, 0.5) is 14.9 Å². The highest BCUT2D eigenvalue weighted by Gasteiger charge is 2.50. The van der Waals surface area contributed by atoms with E-state index in [9.17, 15) is 41.9 Å². The Kier molecular flexibility index (Phi) is 19.6. The summed E-state index contributed by atoms with van der Waals surface area (Å²) in [4.78, 5) is 64.6. The Labute approximate surface area is 404 Å². The van der Waals surface area contributed by atoms with Crippen molar-refractivity contribution in [2.75, 3.05) is 43.1 Å². The number of carbonyl (C=O) groups is 5. The molecule has 20 heteroatoms. The van der Waals surface area contributed by atoms with Gasteiger partial charge >= 0.3 is 12.1 Å². The summed E-state index contributed by atoms with van der Waals surface area (Å²) in [6, 6.07) is 18.6. The van der Waals surface area contributed by atoms with Crippen molar-refractivity contribution in [3.8, 4) is 17.6 Å². The zero-order valence-electron chi connectivity index (χ0n) is 40.1. The normalized spacial score (nSPS) is 16.0. The number of amides is 4. The van der Waals surface area contributed by atoms with Crippen molar-refractivity contribution in [3.63, 3.8) is 0 Å². The van der Waals surface area contributed by atoms with Crippen LogP contribution in [0, 0.1) is 17.7 Å². The molecule has 3 aromatic carbocycles. The Hall–Kier alpha value is -5.46. The third kappa shape index (κ3) is 17.6. The van der Waals surface area contributed by atoms with E-state index in [1.807, 2.05) is 0 Å². The van der Waals surface area contributed by atoms with Gasteiger partial charge in [0.1, 0.15) is 28.5 Å². The van der Waals surface area contributed by atoms with Crippen molar-refractivity contribution in [2.24, 2.45) is 0 Å². The molecule has 0 saturated carbocycles. The molecule has 1 heterocycles. The van der Waals surface area contributed by atoms with Crippen LogP contribution < -0.4 is 30.3 Å². The van der Waals surface area contributed by atoms with Gasteiger partial charge < -0.3 is 39.9 Å². The van der Waals surface area contributed by atoms with Gasteiger partial charge in [-0.15, -0.1) is 11.8 Å². The second-order valence-electron chi connectivity index (χ2n) is 18.8. The van der Waals surface area contributed by atoms with Crippen molar-refractivity contribution >= 4 is 65.6 Å². The number of alkyl carbamates (subject to hydrolysis) is 1. The van der Waals surface area contributed by atoms with Crippen molar-refractivity contribution in [2.45, 2.75) is 108 Å². The molecule has 4 atom stereocenters. The smallest absolute Gasteiger partial charge is 0.407 e. The molecular weight excluding hydrogens is 934 g/mol. The zero-order chi connectivity index (χ0) is 50.5. The average molecular weight is 998 g/mol. The molecule has 0 spiro atoms. The molecule has 16 nitrogen and oxygen atoms in total. The number of halogens is 1. The number of thioether (sulfide) groups is 1. The molecule has 0 radical (unpaired) electrons. The first-order valence-corrected chi connectivity index (χ1v) is 28.0. The Bertz CT molecular complexity index is 2400. The van der Waals surface area contributed by atoms with Crippen LogP contribution in [0.3, 0.4) is 0 Å². The number of nitrogens with zero attached hydrogens (tertiary/aromatic N) is 1. The summed E-state index contributed by atoms with van der Waals surface area (Å²) in [7, 11) is -5.71. The molecule has 370 valence electrons. The van der Waals surface area contributed by atoms with E-state index < -0.39 is 84.4 Å². The highest BCUT2D eigenvalue weighted by molar-refractivity contribution is 8.00. The van der Waals surface area contributed by atoms with Gasteiger partial charge in [-0.2, -0.15) is 0 Å². The van der Waals surface area contributed by atoms with Crippen LogP contribution >= 0.6 is 11.8 Å². The van der Waals surface area contributed by atoms with Crippen molar-refractivity contribution in [3.05, 3.63) is 95.3 Å². The fourth-order valence-electron chi connectivity index (χ4n) is 6.48. The molecule has 1 fully saturated rings. The maximum Gasteiger partial charge on any atom is 0.407 e. The van der Waals surface area contributed by atoms with E-state index in [4.69, 9.17) is 13.9 Å². The molecule has 0 aromatic heterocycles. The summed E-state index contributed by atoms with van der Waals surface area (Å²) in [6.07, 6.45) is 1.01. The molecule has 68 heavy (non-hydrogen) atoms. The fraction of sp³-hybridized carbons (Fsp3) is 0.479. The number of ether oxygens (including phenoxy) is 2. The summed E-state index contributed by atoms with van der Waals surface area (Å²) in [5.41, 5.74) is 2.18. The van der Waals surface area contributed by atoms with Crippen LogP contribution in [-0.4, -0.2) is 107 Å². The number of hydrogen-bond donors (Lipinski definition) is 5. The number of anilines is 1. The second-order valence-corrected chi connectivity index (χ2v) is 26.5. The van der Waals surface area contributed by atoms with E-state index in [1.165, 1.54) is 23.9 Å². The first-order chi connectivity index (χ1) is 31.7. The van der Waals surface area contributed by atoms with E-state index in [-0.39, 0.29) is 36.3 Å². The first kappa shape index (κ1) is 55.1. The summed E-state index contributed by atoms with van der Waals surface area (Å²) in [6.45, 7) is 15.2. The number of nitrogens with one attached hydrogen (secondary N) is 4. The van der Waals surface area contributed by atoms with E-state index in [0.29, 0.717) is 35.6 Å². The van der Waals surface area contributed by atoms with E-state index in [2.05, 4.69) is 66.4 Å². The lowest BCUT2D eigenvalue weighted by Gasteiger charge is -2.47. The minimum Gasteiger partial charge on any atom is -0.484 e. The van der Waals surface area contributed by atoms with Gasteiger partial charge in [-0.1, -0.05) is 56.9 Å². The minimum atomic E-state index is -3.39. The maximum absolute atomic E-state index is 14.1. The molecule has 1 aliphatic heterocycles. The van der Waals surface area contributed by atoms with Gasteiger partial charge in [-0.3, -0.25) is 14.4 Å². The van der Waals surface area contributed by atoms with Crippen molar-refractivity contribution in [1.29, 1.82) is 0 Å². The third-order valence-corrected chi connectivity index (χ3v) is 17.5. The van der Waals surface area contributed by atoms with Crippen LogP contribution in [-0.2, 0) is 38.4 Å². The molecule has 4 amide bonds. The number of carbonyl (C=O) groups excluding carboxylic acids is 4. The van der Waals surface area contributed by atoms with Crippen LogP contribution in [0.25, 0.3) is 0 Å². The van der Waals surface area contributed by atoms with E-state index in [1.54, 1.807) is 86.3 Å². The highest BCUT2D eigenvalue weighted by atomic mass is 32.2. The van der Waals surface area contributed by atoms with Gasteiger partial charge in [-0.05, 0) is 118 Å². The maximum atomic E-state index is 14.1. The summed E-state index contributed by atoms with van der Waals surface area (Å²) >= 11 is 1.46. The van der Waals surface area contributed by atoms with Gasteiger partial charge in [0.05, 0.1) is 31.5 Å². The molecule has 4 rings (SSSR count). The number of hydrogen-bond acceptors (Lipinski definition) is 11. The molecule has 1 saturated heterocycles. The van der Waals surface area contributed by atoms with Gasteiger partial charge in [0.2, 0.25) is 21.8 Å². The van der Waals surface area contributed by atoms with Crippen LogP contribution in [0.15, 0.2) is 72.8 Å². The second kappa shape index (κ2) is 24.2. The average Bonchev–Trinajstić information content (AvgIpc) is 3.24. The lowest BCUT2D eigenvalue weighted by molar-refractivity contribution is -0.142. The van der Waals surface area contributed by atoms with Crippen LogP contribution in [0.5, 0.6) is 5.75 Å². The number of carboxylic acid groups (broad SMARTS) is 1. The largest absolute Gasteiger partial charge is 0.484 e. The Morgan fingerprint density at radius 1 is 0.912 bits per heavy atom. The van der Waals surface area contributed by atoms with E-state index in [0.717, 1.165) is 17.4 Å². The number of sulfonamides is 1. The standard InChI is InChI=1S/C48H64FN5O11S2Si/c1-47(2,3)64-46(60)50-27-11-10-14-38(45(58)59)53-40(55)29-51-41(56)30-63-37-25-19-34(20-26-37)42-43(44(57)54(42)36-23-15-32(16-24-36)13-12-28-52-67(7,61)62)66-31-39(33-17-21-35(49)22-18-33)65-68(8,9)48(4,5)6/h15-26,38-39,42-43,52H,10-11,14,27-31H2,1-9H3,(H,50,60)(H,51,56)(H,53,55)(H,58,59)/t38-,39+,42-,43-/m1/s1. The van der Waals surface area contributed by atoms with Gasteiger partial charge in [0.15, 0.2) is 14.9 Å². The number of rotatable bonds is 22. The Morgan fingerprint density at radius 3 is 2.15 bits per heavy atom. The van der Waals surface area contributed by atoms with Gasteiger partial charge in [0, 0.05) is 23.5 Å². The molecular formula is C48H64FN5O11S2Si. The topological polar surface area (TPSA) is 219 Å². The van der Waals surface area contributed by atoms with E-state index >= 15 is 0 Å². The van der Waals surface area contributed by atoms with Crippen molar-refractivity contribution in [1.82, 2.24) is 20.7 Å². The lowest BCUT2D eigenvalue weighted by Crippen LogP contribution is -2.58. The zero-order valence-corrected chi connectivity index (χ0v) is 42.7. The fourth-order valence-corrected chi connectivity index (χ4v) is 9.57. The molecule has 0 aliphatic carbocycles. The van der Waals surface area contributed by atoms with Gasteiger partial charge in [-0.25, -0.2) is 27.1 Å². The first-order valence-electron chi connectivity index (χ1n) is 22.1. The predicted molar refractivity (Wildman–Crippen MR) is 263 cm³/mol. The number of benzene rings is 3. The molecule has 3 aromatic rings. The molecule has 5 N–H and O–H groups in total. The third-order valence-electron chi connectivity index (χ3n) is 11.0. The van der Waals surface area contributed by atoms with Crippen molar-refractivity contribution < 1.29 is 55.8 Å². The number of aliphatic carboxylic acids is 1. The molecule has 0 bridgehead atoms. The molecule has 1 aliphatic rings. The summed E-state index contributed by atoms with van der Waals surface area (Å²) in [5, 5.41) is 16.4. The van der Waals surface area contributed by atoms with Crippen LogP contribution in [0.1, 0.15) is 89.6 Å². The highest BCUT2D eigenvalue weighted by Crippen LogP contribution is 2.48. The number of carboxylic acids is 1. The minimum absolute atomic E-state index is 0.0536. The molecule has 0 unspecified atom stereocenters. The number of β-lactam (4-membered cyclic amide) rings is 1. The monoisotopic (exact) mass is 997 g/mol. The predicted octanol–water partition coefficient (Wildman–Crippen LogP) is 6.44.